The van der Waals surface area contributed by atoms with Crippen LogP contribution in [-0.4, -0.2) is 50.6 Å². The summed E-state index contributed by atoms with van der Waals surface area (Å²) in [5, 5.41) is 6.20. The van der Waals surface area contributed by atoms with Gasteiger partial charge in [-0.2, -0.15) is 0 Å². The van der Waals surface area contributed by atoms with Crippen LogP contribution in [0.15, 0.2) is 0 Å². The predicted molar refractivity (Wildman–Crippen MR) is 61.7 cm³/mol. The molecule has 0 spiro atoms. The van der Waals surface area contributed by atoms with Gasteiger partial charge >= 0.3 is 0 Å². The highest BCUT2D eigenvalue weighted by Crippen LogP contribution is 2.15. The molecular weight excluding hydrogens is 190 g/mol. The molecule has 4 nitrogen and oxygen atoms in total. The summed E-state index contributed by atoms with van der Waals surface area (Å²) < 4.78 is 0. The summed E-state index contributed by atoms with van der Waals surface area (Å²) >= 11 is 0. The van der Waals surface area contributed by atoms with Gasteiger partial charge in [0.2, 0.25) is 5.91 Å². The Morgan fingerprint density at radius 2 is 2.07 bits per heavy atom. The van der Waals surface area contributed by atoms with E-state index in [2.05, 4.69) is 22.5 Å². The average molecular weight is 213 g/mol. The Balaban J connectivity index is 2.22. The summed E-state index contributed by atoms with van der Waals surface area (Å²) in [4.78, 5) is 13.9. The van der Waals surface area contributed by atoms with E-state index in [9.17, 15) is 4.79 Å². The fourth-order valence-electron chi connectivity index (χ4n) is 1.47. The average Bonchev–Trinajstić information content (AvgIpc) is 2.10. The molecule has 15 heavy (non-hydrogen) atoms. The second kappa shape index (κ2) is 5.47. The van der Waals surface area contributed by atoms with Crippen molar-refractivity contribution in [1.29, 1.82) is 0 Å². The van der Waals surface area contributed by atoms with Crippen LogP contribution in [0.25, 0.3) is 0 Å². The van der Waals surface area contributed by atoms with Gasteiger partial charge in [0.25, 0.3) is 0 Å². The lowest BCUT2D eigenvalue weighted by atomic mass is 9.88. The van der Waals surface area contributed by atoms with Crippen molar-refractivity contribution in [2.24, 2.45) is 11.8 Å². The fourth-order valence-corrected chi connectivity index (χ4v) is 1.47. The van der Waals surface area contributed by atoms with Gasteiger partial charge < -0.3 is 15.5 Å². The molecular formula is C11H23N3O. The van der Waals surface area contributed by atoms with E-state index in [0.29, 0.717) is 12.0 Å². The highest BCUT2D eigenvalue weighted by atomic mass is 16.1. The monoisotopic (exact) mass is 213 g/mol. The first kappa shape index (κ1) is 12.5. The number of hydrogen-bond donors (Lipinski definition) is 2. The molecule has 1 aliphatic heterocycles. The van der Waals surface area contributed by atoms with Crippen LogP contribution in [0.2, 0.25) is 0 Å². The lowest BCUT2D eigenvalue weighted by Crippen LogP contribution is -2.50. The maximum Gasteiger partial charge on any atom is 0.223 e. The van der Waals surface area contributed by atoms with Gasteiger partial charge in [-0.1, -0.05) is 6.92 Å². The van der Waals surface area contributed by atoms with Crippen LogP contribution < -0.4 is 10.6 Å². The molecule has 0 bridgehead atoms. The fraction of sp³-hybridized carbons (Fsp3) is 0.909. The Morgan fingerprint density at radius 3 is 2.47 bits per heavy atom. The lowest BCUT2D eigenvalue weighted by Gasteiger charge is -2.32. The molecule has 2 unspecified atom stereocenters. The molecule has 1 rings (SSSR count). The third kappa shape index (κ3) is 3.47. The minimum Gasteiger partial charge on any atom is -0.354 e. The normalized spacial score (nSPS) is 20.9. The molecule has 2 N–H and O–H groups in total. The first-order chi connectivity index (χ1) is 7.02. The van der Waals surface area contributed by atoms with Gasteiger partial charge in [0.1, 0.15) is 0 Å². The topological polar surface area (TPSA) is 44.4 Å². The first-order valence-corrected chi connectivity index (χ1v) is 5.67. The molecule has 88 valence electrons. The third-order valence-corrected chi connectivity index (χ3v) is 3.39. The van der Waals surface area contributed by atoms with Crippen molar-refractivity contribution < 1.29 is 4.79 Å². The highest BCUT2D eigenvalue weighted by molar-refractivity contribution is 5.78. The smallest absolute Gasteiger partial charge is 0.223 e. The molecule has 0 aliphatic carbocycles. The Hall–Kier alpha value is -0.610. The third-order valence-electron chi connectivity index (χ3n) is 3.39. The van der Waals surface area contributed by atoms with Gasteiger partial charge in [-0.3, -0.25) is 4.79 Å². The van der Waals surface area contributed by atoms with Crippen molar-refractivity contribution >= 4 is 5.91 Å². The molecule has 0 saturated carbocycles. The standard InChI is InChI=1S/C11H23N3O/c1-8(14(3)4)5-13-11(15)9(2)10-6-12-7-10/h8-10,12H,5-7H2,1-4H3,(H,13,15). The maximum atomic E-state index is 11.7. The molecule has 0 aromatic rings. The van der Waals surface area contributed by atoms with Gasteiger partial charge in [-0.25, -0.2) is 0 Å². The number of carbonyl (C=O) groups is 1. The van der Waals surface area contributed by atoms with Crippen LogP contribution in [0.5, 0.6) is 0 Å². The van der Waals surface area contributed by atoms with E-state index in [1.54, 1.807) is 0 Å². The summed E-state index contributed by atoms with van der Waals surface area (Å²) in [6.07, 6.45) is 0. The van der Waals surface area contributed by atoms with E-state index >= 15 is 0 Å². The predicted octanol–water partition coefficient (Wildman–Crippen LogP) is -0.0918. The highest BCUT2D eigenvalue weighted by Gasteiger charge is 2.28. The number of amides is 1. The molecule has 1 fully saturated rings. The largest absolute Gasteiger partial charge is 0.354 e. The summed E-state index contributed by atoms with van der Waals surface area (Å²) in [6.45, 7) is 6.82. The molecule has 1 aliphatic rings. The van der Waals surface area contributed by atoms with E-state index < -0.39 is 0 Å². The van der Waals surface area contributed by atoms with Gasteiger partial charge in [-0.15, -0.1) is 0 Å². The summed E-state index contributed by atoms with van der Waals surface area (Å²) in [6, 6.07) is 0.390. The molecule has 1 saturated heterocycles. The Kier molecular flexibility index (Phi) is 4.54. The Labute approximate surface area is 92.4 Å². The van der Waals surface area contributed by atoms with Gasteiger partial charge in [0, 0.05) is 18.5 Å². The van der Waals surface area contributed by atoms with Gasteiger partial charge in [0.15, 0.2) is 0 Å². The number of rotatable bonds is 5. The van der Waals surface area contributed by atoms with Crippen molar-refractivity contribution in [3.8, 4) is 0 Å². The first-order valence-electron chi connectivity index (χ1n) is 5.67. The molecule has 0 radical (unpaired) electrons. The summed E-state index contributed by atoms with van der Waals surface area (Å²) in [5.74, 6) is 0.857. The number of likely N-dealkylation sites (N-methyl/N-ethyl adjacent to an activating group) is 1. The van der Waals surface area contributed by atoms with Crippen LogP contribution in [-0.2, 0) is 4.79 Å². The van der Waals surface area contributed by atoms with Crippen LogP contribution in [0.4, 0.5) is 0 Å². The van der Waals surface area contributed by atoms with Crippen molar-refractivity contribution in [2.45, 2.75) is 19.9 Å². The van der Waals surface area contributed by atoms with Crippen LogP contribution >= 0.6 is 0 Å². The summed E-state index contributed by atoms with van der Waals surface area (Å²) in [5.41, 5.74) is 0. The number of nitrogens with zero attached hydrogens (tertiary/aromatic N) is 1. The van der Waals surface area contributed by atoms with Crippen molar-refractivity contribution in [2.75, 3.05) is 33.7 Å². The zero-order chi connectivity index (χ0) is 11.4. The quantitative estimate of drug-likeness (QED) is 0.671. The van der Waals surface area contributed by atoms with E-state index in [4.69, 9.17) is 0 Å². The lowest BCUT2D eigenvalue weighted by molar-refractivity contribution is -0.126. The van der Waals surface area contributed by atoms with Crippen molar-refractivity contribution in [3.05, 3.63) is 0 Å². The van der Waals surface area contributed by atoms with Gasteiger partial charge in [0.05, 0.1) is 0 Å². The second-order valence-corrected chi connectivity index (χ2v) is 4.76. The summed E-state index contributed by atoms with van der Waals surface area (Å²) in [7, 11) is 4.05. The molecule has 2 atom stereocenters. The molecule has 1 amide bonds. The van der Waals surface area contributed by atoms with Crippen LogP contribution in [0.1, 0.15) is 13.8 Å². The molecule has 0 aromatic carbocycles. The minimum atomic E-state index is 0.139. The van der Waals surface area contributed by atoms with E-state index in [1.807, 2.05) is 21.0 Å². The Bertz CT molecular complexity index is 214. The van der Waals surface area contributed by atoms with Crippen molar-refractivity contribution in [3.63, 3.8) is 0 Å². The van der Waals surface area contributed by atoms with E-state index in [-0.39, 0.29) is 11.8 Å². The van der Waals surface area contributed by atoms with E-state index in [0.717, 1.165) is 19.6 Å². The van der Waals surface area contributed by atoms with Crippen molar-refractivity contribution in [1.82, 2.24) is 15.5 Å². The Morgan fingerprint density at radius 1 is 1.47 bits per heavy atom. The maximum absolute atomic E-state index is 11.7. The number of nitrogens with one attached hydrogen (secondary N) is 2. The zero-order valence-corrected chi connectivity index (χ0v) is 10.2. The number of carbonyl (C=O) groups excluding carboxylic acids is 1. The molecule has 0 aromatic heterocycles. The second-order valence-electron chi connectivity index (χ2n) is 4.76. The molecule has 1 heterocycles. The molecule has 4 heteroatoms. The SMILES string of the molecule is CC(C(=O)NCC(C)N(C)C)C1CNC1. The van der Waals surface area contributed by atoms with Crippen LogP contribution in [0, 0.1) is 11.8 Å². The van der Waals surface area contributed by atoms with E-state index in [1.165, 1.54) is 0 Å². The van der Waals surface area contributed by atoms with Gasteiger partial charge in [-0.05, 0) is 40.0 Å². The van der Waals surface area contributed by atoms with Crippen LogP contribution in [0.3, 0.4) is 0 Å². The number of hydrogen-bond acceptors (Lipinski definition) is 3. The zero-order valence-electron chi connectivity index (χ0n) is 10.2. The minimum absolute atomic E-state index is 0.139.